The molecular formula is C14H18BrN3O. The molecule has 0 aliphatic rings. The number of hydrogen-bond acceptors (Lipinski definition) is 3. The third-order valence-electron chi connectivity index (χ3n) is 2.74. The number of nitrogens with one attached hydrogen (secondary N) is 1. The monoisotopic (exact) mass is 323 g/mol. The highest BCUT2D eigenvalue weighted by atomic mass is 79.9. The number of nitrogens with zero attached hydrogens (tertiary/aromatic N) is 2. The van der Waals surface area contributed by atoms with Crippen molar-refractivity contribution in [2.75, 3.05) is 7.11 Å². The van der Waals surface area contributed by atoms with Crippen LogP contribution in [0.5, 0.6) is 5.75 Å². The molecule has 1 aromatic carbocycles. The Labute approximate surface area is 121 Å². The minimum absolute atomic E-state index is 0.453. The molecule has 4 nitrogen and oxygen atoms in total. The van der Waals surface area contributed by atoms with Gasteiger partial charge in [-0.25, -0.2) is 4.68 Å². The first-order valence-electron chi connectivity index (χ1n) is 6.22. The summed E-state index contributed by atoms with van der Waals surface area (Å²) >= 11 is 3.54. The lowest BCUT2D eigenvalue weighted by Gasteiger charge is -2.08. The number of hydrogen-bond donors (Lipinski definition) is 1. The molecule has 0 bridgehead atoms. The zero-order chi connectivity index (χ0) is 13.8. The smallest absolute Gasteiger partial charge is 0.121 e. The van der Waals surface area contributed by atoms with Crippen LogP contribution < -0.4 is 10.1 Å². The van der Waals surface area contributed by atoms with E-state index in [1.165, 1.54) is 0 Å². The van der Waals surface area contributed by atoms with Gasteiger partial charge in [0, 0.05) is 29.3 Å². The predicted octanol–water partition coefficient (Wildman–Crippen LogP) is 3.14. The Hall–Kier alpha value is -1.33. The summed E-state index contributed by atoms with van der Waals surface area (Å²) in [5.41, 5.74) is 1.98. The average Bonchev–Trinajstić information content (AvgIpc) is 2.85. The quantitative estimate of drug-likeness (QED) is 0.918. The number of aromatic nitrogens is 2. The molecule has 5 heteroatoms. The van der Waals surface area contributed by atoms with E-state index in [1.54, 1.807) is 7.11 Å². The molecule has 2 aromatic rings. The van der Waals surface area contributed by atoms with Gasteiger partial charge in [-0.3, -0.25) is 0 Å². The Kier molecular flexibility index (Phi) is 4.61. The lowest BCUT2D eigenvalue weighted by Crippen LogP contribution is -2.22. The molecule has 0 amide bonds. The predicted molar refractivity (Wildman–Crippen MR) is 79.8 cm³/mol. The Morgan fingerprint density at radius 3 is 2.84 bits per heavy atom. The summed E-state index contributed by atoms with van der Waals surface area (Å²) in [7, 11) is 1.66. The van der Waals surface area contributed by atoms with Crippen molar-refractivity contribution in [3.63, 3.8) is 0 Å². The van der Waals surface area contributed by atoms with Gasteiger partial charge >= 0.3 is 0 Å². The van der Waals surface area contributed by atoms with E-state index in [4.69, 9.17) is 4.74 Å². The standard InChI is InChI=1S/C14H18BrN3O/c1-10(2)16-9-11-6-7-18(17-11)14-8-12(19-3)4-5-13(14)15/h4-8,10,16H,9H2,1-3H3. The fourth-order valence-electron chi connectivity index (χ4n) is 1.69. The zero-order valence-corrected chi connectivity index (χ0v) is 12.9. The van der Waals surface area contributed by atoms with Crippen molar-refractivity contribution in [2.24, 2.45) is 0 Å². The Balaban J connectivity index is 2.22. The van der Waals surface area contributed by atoms with Gasteiger partial charge in [0.2, 0.25) is 0 Å². The highest BCUT2D eigenvalue weighted by Crippen LogP contribution is 2.25. The van der Waals surface area contributed by atoms with Gasteiger partial charge in [0.1, 0.15) is 5.75 Å². The first kappa shape index (κ1) is 14.1. The third kappa shape index (κ3) is 3.58. The van der Waals surface area contributed by atoms with Crippen molar-refractivity contribution in [1.29, 1.82) is 0 Å². The largest absolute Gasteiger partial charge is 0.497 e. The van der Waals surface area contributed by atoms with E-state index >= 15 is 0 Å². The maximum atomic E-state index is 5.24. The summed E-state index contributed by atoms with van der Waals surface area (Å²) < 4.78 is 8.08. The van der Waals surface area contributed by atoms with E-state index in [1.807, 2.05) is 35.1 Å². The van der Waals surface area contributed by atoms with Crippen LogP contribution in [0.2, 0.25) is 0 Å². The Morgan fingerprint density at radius 2 is 2.16 bits per heavy atom. The van der Waals surface area contributed by atoms with Crippen LogP contribution in [-0.4, -0.2) is 22.9 Å². The number of methoxy groups -OCH3 is 1. The Morgan fingerprint density at radius 1 is 1.37 bits per heavy atom. The Bertz CT molecular complexity index is 551. The van der Waals surface area contributed by atoms with Crippen LogP contribution >= 0.6 is 15.9 Å². The molecule has 1 N–H and O–H groups in total. The van der Waals surface area contributed by atoms with Gasteiger partial charge in [-0.1, -0.05) is 13.8 Å². The molecule has 0 aliphatic carbocycles. The molecule has 0 saturated heterocycles. The number of halogens is 1. The maximum absolute atomic E-state index is 5.24. The molecule has 0 aliphatic heterocycles. The maximum Gasteiger partial charge on any atom is 0.121 e. The van der Waals surface area contributed by atoms with Crippen LogP contribution in [0.3, 0.4) is 0 Å². The van der Waals surface area contributed by atoms with Crippen LogP contribution in [0.1, 0.15) is 19.5 Å². The second-order valence-electron chi connectivity index (χ2n) is 4.60. The second-order valence-corrected chi connectivity index (χ2v) is 5.46. The van der Waals surface area contributed by atoms with Crippen molar-refractivity contribution < 1.29 is 4.74 Å². The summed E-state index contributed by atoms with van der Waals surface area (Å²) in [6.07, 6.45) is 1.96. The summed E-state index contributed by atoms with van der Waals surface area (Å²) in [5.74, 6) is 0.815. The van der Waals surface area contributed by atoms with Crippen molar-refractivity contribution in [3.8, 4) is 11.4 Å². The second kappa shape index (κ2) is 6.21. The van der Waals surface area contributed by atoms with E-state index in [-0.39, 0.29) is 0 Å². The minimum atomic E-state index is 0.453. The van der Waals surface area contributed by atoms with Gasteiger partial charge in [0.05, 0.1) is 18.5 Å². The van der Waals surface area contributed by atoms with Crippen molar-refractivity contribution in [3.05, 3.63) is 40.6 Å². The highest BCUT2D eigenvalue weighted by Gasteiger charge is 2.07. The average molecular weight is 324 g/mol. The van der Waals surface area contributed by atoms with Gasteiger partial charge < -0.3 is 10.1 Å². The summed E-state index contributed by atoms with van der Waals surface area (Å²) in [6.45, 7) is 5.01. The summed E-state index contributed by atoms with van der Waals surface area (Å²) in [4.78, 5) is 0. The molecule has 19 heavy (non-hydrogen) atoms. The molecular weight excluding hydrogens is 306 g/mol. The molecule has 102 valence electrons. The number of ether oxygens (including phenoxy) is 1. The van der Waals surface area contributed by atoms with Crippen molar-refractivity contribution in [2.45, 2.75) is 26.4 Å². The van der Waals surface area contributed by atoms with Crippen LogP contribution in [-0.2, 0) is 6.54 Å². The highest BCUT2D eigenvalue weighted by molar-refractivity contribution is 9.10. The lowest BCUT2D eigenvalue weighted by molar-refractivity contribution is 0.414. The van der Waals surface area contributed by atoms with E-state index in [0.29, 0.717) is 6.04 Å². The van der Waals surface area contributed by atoms with Gasteiger partial charge in [0.15, 0.2) is 0 Å². The van der Waals surface area contributed by atoms with Crippen LogP contribution in [0, 0.1) is 0 Å². The van der Waals surface area contributed by atoms with E-state index < -0.39 is 0 Å². The summed E-state index contributed by atoms with van der Waals surface area (Å²) in [6, 6.07) is 8.30. The number of benzene rings is 1. The van der Waals surface area contributed by atoms with Gasteiger partial charge in [-0.15, -0.1) is 0 Å². The van der Waals surface area contributed by atoms with Crippen molar-refractivity contribution in [1.82, 2.24) is 15.1 Å². The van der Waals surface area contributed by atoms with Crippen LogP contribution in [0.15, 0.2) is 34.9 Å². The van der Waals surface area contributed by atoms with E-state index in [9.17, 15) is 0 Å². The van der Waals surface area contributed by atoms with Crippen LogP contribution in [0.4, 0.5) is 0 Å². The molecule has 0 saturated carbocycles. The molecule has 0 radical (unpaired) electrons. The number of rotatable bonds is 5. The normalized spacial score (nSPS) is 11.0. The third-order valence-corrected chi connectivity index (χ3v) is 3.41. The minimum Gasteiger partial charge on any atom is -0.497 e. The fourth-order valence-corrected chi connectivity index (χ4v) is 2.12. The lowest BCUT2D eigenvalue weighted by atomic mass is 10.3. The molecule has 0 unspecified atom stereocenters. The van der Waals surface area contributed by atoms with Crippen molar-refractivity contribution >= 4 is 15.9 Å². The molecule has 0 atom stereocenters. The van der Waals surface area contributed by atoms with Crippen LogP contribution in [0.25, 0.3) is 5.69 Å². The molecule has 1 aromatic heterocycles. The molecule has 0 fully saturated rings. The summed E-state index contributed by atoms with van der Waals surface area (Å²) in [5, 5.41) is 7.91. The van der Waals surface area contributed by atoms with E-state index in [0.717, 1.165) is 28.1 Å². The first-order valence-corrected chi connectivity index (χ1v) is 7.01. The van der Waals surface area contributed by atoms with Gasteiger partial charge in [0.25, 0.3) is 0 Å². The molecule has 2 rings (SSSR count). The topological polar surface area (TPSA) is 39.1 Å². The molecule has 1 heterocycles. The van der Waals surface area contributed by atoms with Gasteiger partial charge in [-0.2, -0.15) is 5.10 Å². The fraction of sp³-hybridized carbons (Fsp3) is 0.357. The SMILES string of the molecule is COc1ccc(Br)c(-n2ccc(CNC(C)C)n2)c1. The zero-order valence-electron chi connectivity index (χ0n) is 11.4. The first-order chi connectivity index (χ1) is 9.10. The molecule has 0 spiro atoms. The van der Waals surface area contributed by atoms with Gasteiger partial charge in [-0.05, 0) is 34.1 Å². The van der Waals surface area contributed by atoms with E-state index in [2.05, 4.69) is 40.2 Å².